The Hall–Kier alpha value is -4.48. The summed E-state index contributed by atoms with van der Waals surface area (Å²) in [5.74, 6) is -1.49. The lowest BCUT2D eigenvalue weighted by atomic mass is 10.1. The van der Waals surface area contributed by atoms with Crippen LogP contribution in [0.15, 0.2) is 64.8 Å². The van der Waals surface area contributed by atoms with Crippen molar-refractivity contribution in [2.75, 3.05) is 18.6 Å². The van der Waals surface area contributed by atoms with Crippen LogP contribution in [-0.4, -0.2) is 54.7 Å². The zero-order valence-electron chi connectivity index (χ0n) is 19.5. The molecule has 2 atom stereocenters. The number of hydrogen-bond donors (Lipinski definition) is 5. The molecule has 0 aliphatic carbocycles. The first-order chi connectivity index (χ1) is 16.7. The van der Waals surface area contributed by atoms with E-state index in [-0.39, 0.29) is 18.9 Å². The number of rotatable bonds is 11. The molecular weight excluding hydrogens is 454 g/mol. The van der Waals surface area contributed by atoms with Crippen LogP contribution < -0.4 is 26.0 Å². The highest BCUT2D eigenvalue weighted by Gasteiger charge is 2.30. The van der Waals surface area contributed by atoms with Crippen molar-refractivity contribution in [1.29, 1.82) is 5.41 Å². The summed E-state index contributed by atoms with van der Waals surface area (Å²) in [6.07, 6.45) is 0.452. The highest BCUT2D eigenvalue weighted by molar-refractivity contribution is 6.00. The van der Waals surface area contributed by atoms with Crippen LogP contribution in [-0.2, 0) is 9.59 Å². The molecule has 2 aromatic rings. The summed E-state index contributed by atoms with van der Waals surface area (Å²) >= 11 is 0. The summed E-state index contributed by atoms with van der Waals surface area (Å²) in [5.41, 5.74) is 6.01. The number of amides is 3. The molecule has 2 unspecified atom stereocenters. The fraction of sp³-hybridized carbons (Fsp3) is 0.304. The maximum absolute atomic E-state index is 13.0. The SMILES string of the molecule is COc1ccc(/N=N/C(=O)N(c2ccccc2)C(C)C(=O)NC(CCCNC(=N)N)C(=O)O)cc1. The summed E-state index contributed by atoms with van der Waals surface area (Å²) in [7, 11) is 1.53. The van der Waals surface area contributed by atoms with Gasteiger partial charge in [0, 0.05) is 12.2 Å². The highest BCUT2D eigenvalue weighted by Crippen LogP contribution is 2.21. The molecule has 0 saturated carbocycles. The topological polar surface area (TPSA) is 183 Å². The Bertz CT molecular complexity index is 1040. The number of urea groups is 1. The molecule has 6 N–H and O–H groups in total. The van der Waals surface area contributed by atoms with Gasteiger partial charge in [0.05, 0.1) is 12.8 Å². The fourth-order valence-electron chi connectivity index (χ4n) is 3.08. The van der Waals surface area contributed by atoms with Crippen LogP contribution in [0.3, 0.4) is 0 Å². The average molecular weight is 484 g/mol. The van der Waals surface area contributed by atoms with Crippen LogP contribution >= 0.6 is 0 Å². The third kappa shape index (κ3) is 8.42. The van der Waals surface area contributed by atoms with Gasteiger partial charge in [-0.3, -0.25) is 15.1 Å². The summed E-state index contributed by atoms with van der Waals surface area (Å²) in [4.78, 5) is 38.7. The Morgan fingerprint density at radius 1 is 1.14 bits per heavy atom. The van der Waals surface area contributed by atoms with Crippen molar-refractivity contribution in [2.24, 2.45) is 16.0 Å². The predicted molar refractivity (Wildman–Crippen MR) is 130 cm³/mol. The van der Waals surface area contributed by atoms with E-state index in [4.69, 9.17) is 15.9 Å². The minimum Gasteiger partial charge on any atom is -0.497 e. The first kappa shape index (κ1) is 26.8. The average Bonchev–Trinajstić information content (AvgIpc) is 2.85. The molecule has 0 aliphatic rings. The van der Waals surface area contributed by atoms with E-state index in [0.29, 0.717) is 23.5 Å². The molecule has 3 amide bonds. The predicted octanol–water partition coefficient (Wildman–Crippen LogP) is 2.63. The number of ether oxygens (including phenoxy) is 1. The zero-order valence-corrected chi connectivity index (χ0v) is 19.5. The molecule has 2 aromatic carbocycles. The highest BCUT2D eigenvalue weighted by atomic mass is 16.5. The van der Waals surface area contributed by atoms with Crippen molar-refractivity contribution in [1.82, 2.24) is 10.6 Å². The van der Waals surface area contributed by atoms with E-state index < -0.39 is 30.0 Å². The number of carbonyl (C=O) groups is 3. The van der Waals surface area contributed by atoms with Crippen molar-refractivity contribution < 1.29 is 24.2 Å². The molecule has 0 aliphatic heterocycles. The summed E-state index contributed by atoms with van der Waals surface area (Å²) < 4.78 is 5.09. The molecule has 0 radical (unpaired) electrons. The van der Waals surface area contributed by atoms with Crippen LogP contribution in [0.5, 0.6) is 5.75 Å². The standard InChI is InChI=1S/C23H29N7O5/c1-15(20(31)27-19(21(32)33)9-6-14-26-22(24)25)30(17-7-4-3-5-8-17)23(34)29-28-16-10-12-18(35-2)13-11-16/h3-5,7-8,10-13,15,19H,6,9,14H2,1-2H3,(H,27,31)(H,32,33)(H4,24,25,26)/b29-28+. The first-order valence-electron chi connectivity index (χ1n) is 10.8. The molecule has 0 aromatic heterocycles. The second-order valence-electron chi connectivity index (χ2n) is 7.44. The first-order valence-corrected chi connectivity index (χ1v) is 10.8. The molecule has 0 saturated heterocycles. The molecule has 12 nitrogen and oxygen atoms in total. The Labute approximate surface area is 202 Å². The number of aliphatic carboxylic acids is 1. The number of carboxylic acid groups (broad SMARTS) is 1. The maximum Gasteiger partial charge on any atom is 0.367 e. The lowest BCUT2D eigenvalue weighted by Gasteiger charge is -2.27. The number of azo groups is 1. The van der Waals surface area contributed by atoms with Gasteiger partial charge in [-0.1, -0.05) is 23.3 Å². The minimum atomic E-state index is -1.22. The summed E-state index contributed by atoms with van der Waals surface area (Å²) in [5, 5.41) is 29.4. The number of hydrogen-bond acceptors (Lipinski definition) is 6. The van der Waals surface area contributed by atoms with Gasteiger partial charge < -0.3 is 26.2 Å². The molecular formula is C23H29N7O5. The van der Waals surface area contributed by atoms with Crippen molar-refractivity contribution in [3.8, 4) is 5.75 Å². The largest absolute Gasteiger partial charge is 0.497 e. The number of nitrogens with two attached hydrogens (primary N) is 1. The van der Waals surface area contributed by atoms with Gasteiger partial charge in [-0.15, -0.1) is 5.11 Å². The molecule has 0 spiro atoms. The lowest BCUT2D eigenvalue weighted by molar-refractivity contribution is -0.142. The summed E-state index contributed by atoms with van der Waals surface area (Å²) in [6, 6.07) is 11.9. The van der Waals surface area contributed by atoms with E-state index >= 15 is 0 Å². The van der Waals surface area contributed by atoms with Gasteiger partial charge in [-0.25, -0.2) is 9.59 Å². The van der Waals surface area contributed by atoms with Crippen LogP contribution in [0.1, 0.15) is 19.8 Å². The van der Waals surface area contributed by atoms with E-state index in [9.17, 15) is 19.5 Å². The quantitative estimate of drug-likeness (QED) is 0.141. The van der Waals surface area contributed by atoms with Crippen LogP contribution in [0, 0.1) is 5.41 Å². The molecule has 0 heterocycles. The minimum absolute atomic E-state index is 0.102. The Morgan fingerprint density at radius 2 is 1.80 bits per heavy atom. The second-order valence-corrected chi connectivity index (χ2v) is 7.44. The smallest absolute Gasteiger partial charge is 0.367 e. The number of nitrogens with one attached hydrogen (secondary N) is 3. The third-order valence-electron chi connectivity index (χ3n) is 4.93. The molecule has 186 valence electrons. The van der Waals surface area contributed by atoms with Gasteiger partial charge in [0.25, 0.3) is 0 Å². The fourth-order valence-corrected chi connectivity index (χ4v) is 3.08. The third-order valence-corrected chi connectivity index (χ3v) is 4.93. The van der Waals surface area contributed by atoms with E-state index in [2.05, 4.69) is 20.9 Å². The van der Waals surface area contributed by atoms with Gasteiger partial charge in [-0.2, -0.15) is 0 Å². The number of nitrogens with zero attached hydrogens (tertiary/aromatic N) is 3. The normalized spacial score (nSPS) is 12.4. The maximum atomic E-state index is 13.0. The monoisotopic (exact) mass is 483 g/mol. The number of carbonyl (C=O) groups excluding carboxylic acids is 2. The van der Waals surface area contributed by atoms with Crippen molar-refractivity contribution in [3.05, 3.63) is 54.6 Å². The van der Waals surface area contributed by atoms with Crippen molar-refractivity contribution >= 4 is 35.2 Å². The Kier molecular flexibility index (Phi) is 10.2. The lowest BCUT2D eigenvalue weighted by Crippen LogP contribution is -2.52. The van der Waals surface area contributed by atoms with Gasteiger partial charge in [0.2, 0.25) is 5.91 Å². The number of benzene rings is 2. The van der Waals surface area contributed by atoms with Gasteiger partial charge in [-0.05, 0) is 56.2 Å². The van der Waals surface area contributed by atoms with E-state index in [0.717, 1.165) is 4.90 Å². The summed E-state index contributed by atoms with van der Waals surface area (Å²) in [6.45, 7) is 1.75. The van der Waals surface area contributed by atoms with E-state index in [1.54, 1.807) is 54.6 Å². The number of methoxy groups -OCH3 is 1. The number of para-hydroxylation sites is 1. The Balaban J connectivity index is 2.17. The molecule has 35 heavy (non-hydrogen) atoms. The van der Waals surface area contributed by atoms with Gasteiger partial charge in [0.15, 0.2) is 5.96 Å². The van der Waals surface area contributed by atoms with Gasteiger partial charge >= 0.3 is 12.0 Å². The molecule has 12 heteroatoms. The van der Waals surface area contributed by atoms with Crippen molar-refractivity contribution in [2.45, 2.75) is 31.8 Å². The van der Waals surface area contributed by atoms with Crippen LogP contribution in [0.4, 0.5) is 16.2 Å². The van der Waals surface area contributed by atoms with E-state index in [1.165, 1.54) is 14.0 Å². The number of anilines is 1. The zero-order chi connectivity index (χ0) is 25.8. The van der Waals surface area contributed by atoms with Crippen molar-refractivity contribution in [3.63, 3.8) is 0 Å². The second kappa shape index (κ2) is 13.3. The van der Waals surface area contributed by atoms with E-state index in [1.807, 2.05) is 0 Å². The molecule has 2 rings (SSSR count). The number of carboxylic acids is 1. The van der Waals surface area contributed by atoms with Crippen LogP contribution in [0.25, 0.3) is 0 Å². The molecule has 0 bridgehead atoms. The van der Waals surface area contributed by atoms with Crippen LogP contribution in [0.2, 0.25) is 0 Å². The molecule has 0 fully saturated rings. The Morgan fingerprint density at radius 3 is 2.37 bits per heavy atom. The van der Waals surface area contributed by atoms with Gasteiger partial charge in [0.1, 0.15) is 17.8 Å². The number of guanidine groups is 1.